The smallest absolute Gasteiger partial charge is 0.311 e. The molecule has 2 rings (SSSR count). The molecule has 0 amide bonds. The van der Waals surface area contributed by atoms with Gasteiger partial charge in [0.05, 0.1) is 30.8 Å². The van der Waals surface area contributed by atoms with Gasteiger partial charge in [-0.2, -0.15) is 0 Å². The average Bonchev–Trinajstić information content (AvgIpc) is 2.50. The second-order valence-electron chi connectivity index (χ2n) is 4.34. The Balaban J connectivity index is 2.16. The number of nitrogens with zero attached hydrogens (tertiary/aromatic N) is 1. The summed E-state index contributed by atoms with van der Waals surface area (Å²) in [5.74, 6) is 1.52. The number of aromatic nitrogens is 1. The van der Waals surface area contributed by atoms with Gasteiger partial charge in [0.2, 0.25) is 0 Å². The van der Waals surface area contributed by atoms with E-state index < -0.39 is 0 Å². The number of nitrogens with two attached hydrogens (primary N) is 1. The molecule has 0 aliphatic carbocycles. The molecule has 0 unspecified atom stereocenters. The van der Waals surface area contributed by atoms with Gasteiger partial charge in [-0.15, -0.1) is 0 Å². The first-order chi connectivity index (χ1) is 10.5. The number of nitrogen functional groups attached to an aromatic ring is 1. The monoisotopic (exact) mass is 366 g/mol. The Labute approximate surface area is 136 Å². The van der Waals surface area contributed by atoms with Gasteiger partial charge in [-0.05, 0) is 46.3 Å². The van der Waals surface area contributed by atoms with Crippen LogP contribution < -0.4 is 15.2 Å². The summed E-state index contributed by atoms with van der Waals surface area (Å²) >= 11 is 3.38. The maximum atomic E-state index is 11.2. The van der Waals surface area contributed by atoms with Gasteiger partial charge in [0.15, 0.2) is 11.6 Å². The number of benzene rings is 1. The molecule has 0 radical (unpaired) electrons. The van der Waals surface area contributed by atoms with Crippen molar-refractivity contribution >= 4 is 27.7 Å². The molecule has 7 heteroatoms. The summed E-state index contributed by atoms with van der Waals surface area (Å²) in [5.41, 5.74) is 6.38. The Kier molecular flexibility index (Phi) is 5.21. The quantitative estimate of drug-likeness (QED) is 0.819. The zero-order valence-corrected chi connectivity index (χ0v) is 13.7. The topological polar surface area (TPSA) is 83.7 Å². The van der Waals surface area contributed by atoms with E-state index in [4.69, 9.17) is 15.2 Å². The Bertz CT molecular complexity index is 691. The van der Waals surface area contributed by atoms with E-state index in [1.807, 2.05) is 0 Å². The summed E-state index contributed by atoms with van der Waals surface area (Å²) in [6.45, 7) is 0. The fourth-order valence-electron chi connectivity index (χ4n) is 1.75. The number of methoxy groups -OCH3 is 2. The van der Waals surface area contributed by atoms with Gasteiger partial charge in [-0.25, -0.2) is 4.98 Å². The van der Waals surface area contributed by atoms with Crippen molar-refractivity contribution in [1.82, 2.24) is 4.98 Å². The van der Waals surface area contributed by atoms with Crippen LogP contribution in [0.15, 0.2) is 34.8 Å². The lowest BCUT2D eigenvalue weighted by atomic mass is 10.2. The molecule has 0 saturated heterocycles. The first-order valence-electron chi connectivity index (χ1n) is 6.37. The van der Waals surface area contributed by atoms with Gasteiger partial charge in [-0.1, -0.05) is 0 Å². The molecule has 0 fully saturated rings. The normalized spacial score (nSPS) is 10.1. The van der Waals surface area contributed by atoms with Crippen LogP contribution in [-0.2, 0) is 16.0 Å². The highest BCUT2D eigenvalue weighted by atomic mass is 79.9. The largest absolute Gasteiger partial charge is 0.496 e. The van der Waals surface area contributed by atoms with Gasteiger partial charge in [-0.3, -0.25) is 4.79 Å². The first kappa shape index (κ1) is 16.1. The lowest BCUT2D eigenvalue weighted by Crippen LogP contribution is -2.07. The van der Waals surface area contributed by atoms with E-state index >= 15 is 0 Å². The minimum absolute atomic E-state index is 0.0645. The van der Waals surface area contributed by atoms with Crippen LogP contribution >= 0.6 is 15.9 Å². The van der Waals surface area contributed by atoms with Crippen molar-refractivity contribution in [3.63, 3.8) is 0 Å². The number of ether oxygens (including phenoxy) is 3. The van der Waals surface area contributed by atoms with Crippen LogP contribution in [0.4, 0.5) is 5.82 Å². The highest BCUT2D eigenvalue weighted by molar-refractivity contribution is 9.10. The van der Waals surface area contributed by atoms with Crippen LogP contribution in [0.2, 0.25) is 0 Å². The van der Waals surface area contributed by atoms with Gasteiger partial charge in [0.25, 0.3) is 0 Å². The minimum Gasteiger partial charge on any atom is -0.496 e. The summed E-state index contributed by atoms with van der Waals surface area (Å²) in [7, 11) is 2.91. The number of carbonyl (C=O) groups excluding carboxylic acids is 1. The maximum Gasteiger partial charge on any atom is 0.311 e. The molecule has 2 aromatic rings. The van der Waals surface area contributed by atoms with E-state index in [0.717, 1.165) is 4.47 Å². The zero-order valence-electron chi connectivity index (χ0n) is 12.1. The van der Waals surface area contributed by atoms with E-state index in [0.29, 0.717) is 22.9 Å². The van der Waals surface area contributed by atoms with Crippen LogP contribution in [-0.4, -0.2) is 25.2 Å². The molecule has 1 aromatic carbocycles. The van der Waals surface area contributed by atoms with E-state index in [1.54, 1.807) is 37.4 Å². The Morgan fingerprint density at radius 2 is 1.95 bits per heavy atom. The SMILES string of the molecule is COC(=O)Cc1ccc(Oc2ccc(OC)c(Br)c2)c(N)n1. The number of rotatable bonds is 5. The number of esters is 1. The van der Waals surface area contributed by atoms with Crippen molar-refractivity contribution in [2.75, 3.05) is 20.0 Å². The highest BCUT2D eigenvalue weighted by Crippen LogP contribution is 2.32. The number of pyridine rings is 1. The van der Waals surface area contributed by atoms with E-state index in [1.165, 1.54) is 7.11 Å². The van der Waals surface area contributed by atoms with E-state index in [-0.39, 0.29) is 18.2 Å². The Morgan fingerprint density at radius 3 is 2.55 bits per heavy atom. The predicted molar refractivity (Wildman–Crippen MR) is 85.1 cm³/mol. The molecular formula is C15H15BrN2O4. The molecule has 0 spiro atoms. The van der Waals surface area contributed by atoms with Crippen LogP contribution in [0.3, 0.4) is 0 Å². The molecule has 6 nitrogen and oxygen atoms in total. The third-order valence-corrected chi connectivity index (χ3v) is 3.47. The molecular weight excluding hydrogens is 352 g/mol. The average molecular weight is 367 g/mol. The fraction of sp³-hybridized carbons (Fsp3) is 0.200. The number of hydrogen-bond donors (Lipinski definition) is 1. The molecule has 1 aromatic heterocycles. The molecule has 0 aliphatic heterocycles. The number of hydrogen-bond acceptors (Lipinski definition) is 6. The summed E-state index contributed by atoms with van der Waals surface area (Å²) in [6.07, 6.45) is 0.0645. The molecule has 0 saturated carbocycles. The van der Waals surface area contributed by atoms with Gasteiger partial charge < -0.3 is 19.9 Å². The predicted octanol–water partition coefficient (Wildman–Crippen LogP) is 2.94. The molecule has 0 aliphatic rings. The molecule has 0 bridgehead atoms. The maximum absolute atomic E-state index is 11.2. The Hall–Kier alpha value is -2.28. The highest BCUT2D eigenvalue weighted by Gasteiger charge is 2.10. The molecule has 1 heterocycles. The molecule has 116 valence electrons. The van der Waals surface area contributed by atoms with Gasteiger partial charge in [0, 0.05) is 0 Å². The van der Waals surface area contributed by atoms with Crippen molar-refractivity contribution in [1.29, 1.82) is 0 Å². The lowest BCUT2D eigenvalue weighted by molar-refractivity contribution is -0.139. The molecule has 0 atom stereocenters. The van der Waals surface area contributed by atoms with E-state index in [2.05, 4.69) is 25.7 Å². The van der Waals surface area contributed by atoms with Crippen molar-refractivity contribution < 1.29 is 19.0 Å². The summed E-state index contributed by atoms with van der Waals surface area (Å²) in [6, 6.07) is 8.63. The zero-order chi connectivity index (χ0) is 16.1. The van der Waals surface area contributed by atoms with Crippen molar-refractivity contribution in [2.24, 2.45) is 0 Å². The summed E-state index contributed by atoms with van der Waals surface area (Å²) in [5, 5.41) is 0. The van der Waals surface area contributed by atoms with Crippen LogP contribution in [0, 0.1) is 0 Å². The lowest BCUT2D eigenvalue weighted by Gasteiger charge is -2.10. The van der Waals surface area contributed by atoms with Crippen LogP contribution in [0.5, 0.6) is 17.2 Å². The van der Waals surface area contributed by atoms with Crippen LogP contribution in [0.25, 0.3) is 0 Å². The number of halogens is 1. The minimum atomic E-state index is -0.375. The number of carbonyl (C=O) groups is 1. The van der Waals surface area contributed by atoms with E-state index in [9.17, 15) is 4.79 Å². The standard InChI is InChI=1S/C15H15BrN2O4/c1-20-12-6-4-10(8-11(12)16)22-13-5-3-9(18-15(13)17)7-14(19)21-2/h3-6,8H,7H2,1-2H3,(H2,17,18). The second-order valence-corrected chi connectivity index (χ2v) is 5.19. The molecule has 22 heavy (non-hydrogen) atoms. The van der Waals surface area contributed by atoms with Gasteiger partial charge in [0.1, 0.15) is 11.5 Å². The van der Waals surface area contributed by atoms with Crippen molar-refractivity contribution in [3.05, 3.63) is 40.5 Å². The third-order valence-electron chi connectivity index (χ3n) is 2.85. The summed E-state index contributed by atoms with van der Waals surface area (Å²) in [4.78, 5) is 15.3. The van der Waals surface area contributed by atoms with Crippen molar-refractivity contribution in [3.8, 4) is 17.2 Å². The number of anilines is 1. The second kappa shape index (κ2) is 7.13. The molecule has 2 N–H and O–H groups in total. The Morgan fingerprint density at radius 1 is 1.23 bits per heavy atom. The first-order valence-corrected chi connectivity index (χ1v) is 7.16. The fourth-order valence-corrected chi connectivity index (χ4v) is 2.27. The summed E-state index contributed by atoms with van der Waals surface area (Å²) < 4.78 is 16.2. The van der Waals surface area contributed by atoms with Crippen LogP contribution in [0.1, 0.15) is 5.69 Å². The third kappa shape index (κ3) is 3.88. The van der Waals surface area contributed by atoms with Gasteiger partial charge >= 0.3 is 5.97 Å². The van der Waals surface area contributed by atoms with Crippen molar-refractivity contribution in [2.45, 2.75) is 6.42 Å².